The summed E-state index contributed by atoms with van der Waals surface area (Å²) in [6.45, 7) is 13.9. The Morgan fingerprint density at radius 3 is 2.17 bits per heavy atom. The van der Waals surface area contributed by atoms with Crippen LogP contribution in [0, 0.1) is 17.8 Å². The van der Waals surface area contributed by atoms with E-state index in [1.54, 1.807) is 58.2 Å². The van der Waals surface area contributed by atoms with Gasteiger partial charge in [0.1, 0.15) is 17.4 Å². The first-order chi connectivity index (χ1) is 22.2. The van der Waals surface area contributed by atoms with Gasteiger partial charge in [-0.2, -0.15) is 0 Å². The van der Waals surface area contributed by atoms with Crippen molar-refractivity contribution in [1.29, 1.82) is 0 Å². The Kier molecular flexibility index (Phi) is 9.75. The zero-order valence-corrected chi connectivity index (χ0v) is 27.4. The monoisotopic (exact) mass is 629 g/mol. The average Bonchev–Trinajstić information content (AvgIpc) is 3.70. The van der Waals surface area contributed by atoms with Gasteiger partial charge >= 0.3 is 0 Å². The first-order valence-electron chi connectivity index (χ1n) is 16.3. The fraction of sp³-hybridized carbons (Fsp3) is 0.486. The van der Waals surface area contributed by atoms with Crippen LogP contribution in [0.1, 0.15) is 46.5 Å². The minimum atomic E-state index is -1.24. The van der Waals surface area contributed by atoms with Crippen LogP contribution in [0.25, 0.3) is 0 Å². The van der Waals surface area contributed by atoms with Crippen LogP contribution in [0.2, 0.25) is 0 Å². The average molecular weight is 630 g/mol. The van der Waals surface area contributed by atoms with Crippen molar-refractivity contribution in [1.82, 2.24) is 4.90 Å². The number of amides is 3. The molecule has 2 bridgehead atoms. The van der Waals surface area contributed by atoms with Crippen LogP contribution in [0.3, 0.4) is 0 Å². The molecule has 2 aromatic carbocycles. The predicted molar refractivity (Wildman–Crippen MR) is 179 cm³/mol. The molecule has 3 amide bonds. The Hall–Kier alpha value is -3.95. The lowest BCUT2D eigenvalue weighted by molar-refractivity contribution is -0.150. The lowest BCUT2D eigenvalue weighted by Crippen LogP contribution is -2.60. The Labute approximate surface area is 272 Å². The normalized spacial score (nSPS) is 27.5. The number of likely N-dealkylation sites (tertiary alicyclic amines) is 1. The molecule has 5 rings (SSSR count). The summed E-state index contributed by atoms with van der Waals surface area (Å²) in [6.07, 6.45) is 5.51. The maximum absolute atomic E-state index is 15.0. The number of ether oxygens (including phenoxy) is 2. The van der Waals surface area contributed by atoms with Crippen LogP contribution >= 0.6 is 0 Å². The van der Waals surface area contributed by atoms with E-state index in [-0.39, 0.29) is 43.3 Å². The number of rotatable bonds is 14. The van der Waals surface area contributed by atoms with Gasteiger partial charge in [-0.25, -0.2) is 0 Å². The standard InChI is InChI=1S/C37H47N3O6/c1-7-22-38(26-14-12-11-13-15-26)33(42)30-31-34(43)40(29(24-41)25(5)9-3)32(37(31)21-20-36(30,10-4)46-37)35(44)39(23-8-2)27-16-18-28(45-6)19-17-27/h7-8,11-19,25,29-32,41H,1-2,9-10,20-24H2,3-6H3/t25-,29-,30-,31-,32?,36+,37?/m0/s1. The van der Waals surface area contributed by atoms with Crippen molar-refractivity contribution in [3.8, 4) is 5.75 Å². The molecule has 2 unspecified atom stereocenters. The lowest BCUT2D eigenvalue weighted by atomic mass is 9.64. The van der Waals surface area contributed by atoms with Gasteiger partial charge in [0.15, 0.2) is 0 Å². The van der Waals surface area contributed by atoms with E-state index >= 15 is 4.79 Å². The topological polar surface area (TPSA) is 99.6 Å². The van der Waals surface area contributed by atoms with Gasteiger partial charge in [-0.1, -0.05) is 57.5 Å². The van der Waals surface area contributed by atoms with Crippen molar-refractivity contribution in [3.63, 3.8) is 0 Å². The number of aliphatic hydroxyl groups is 1. The van der Waals surface area contributed by atoms with Crippen molar-refractivity contribution >= 4 is 29.1 Å². The molecule has 3 aliphatic heterocycles. The van der Waals surface area contributed by atoms with E-state index in [0.717, 1.165) is 0 Å². The number of methoxy groups -OCH3 is 1. The molecule has 3 saturated heterocycles. The van der Waals surface area contributed by atoms with Crippen molar-refractivity contribution < 1.29 is 29.0 Å². The van der Waals surface area contributed by atoms with Gasteiger partial charge in [0.05, 0.1) is 37.2 Å². The number of benzene rings is 2. The summed E-state index contributed by atoms with van der Waals surface area (Å²) < 4.78 is 12.4. The van der Waals surface area contributed by atoms with E-state index in [9.17, 15) is 14.7 Å². The van der Waals surface area contributed by atoms with Gasteiger partial charge in [-0.3, -0.25) is 14.4 Å². The summed E-state index contributed by atoms with van der Waals surface area (Å²) >= 11 is 0. The summed E-state index contributed by atoms with van der Waals surface area (Å²) in [7, 11) is 1.58. The molecule has 9 heteroatoms. The third-order valence-corrected chi connectivity index (χ3v) is 10.6. The zero-order chi connectivity index (χ0) is 33.2. The number of aliphatic hydroxyl groups excluding tert-OH is 1. The number of carbonyl (C=O) groups is 3. The number of fused-ring (bicyclic) bond motifs is 1. The molecular weight excluding hydrogens is 582 g/mol. The Morgan fingerprint density at radius 1 is 1.02 bits per heavy atom. The van der Waals surface area contributed by atoms with Crippen molar-refractivity contribution in [2.45, 2.75) is 69.7 Å². The van der Waals surface area contributed by atoms with Crippen molar-refractivity contribution in [3.05, 3.63) is 79.9 Å². The van der Waals surface area contributed by atoms with Crippen LogP contribution in [-0.4, -0.2) is 77.8 Å². The molecule has 0 aliphatic carbocycles. The van der Waals surface area contributed by atoms with Crippen LogP contribution < -0.4 is 14.5 Å². The summed E-state index contributed by atoms with van der Waals surface area (Å²) in [5.41, 5.74) is -0.832. The molecule has 2 aromatic rings. The van der Waals surface area contributed by atoms with E-state index in [1.165, 1.54) is 0 Å². The summed E-state index contributed by atoms with van der Waals surface area (Å²) in [4.78, 5) is 49.6. The summed E-state index contributed by atoms with van der Waals surface area (Å²) in [5.74, 6) is -2.03. The van der Waals surface area contributed by atoms with Gasteiger partial charge in [-0.05, 0) is 61.6 Å². The zero-order valence-electron chi connectivity index (χ0n) is 27.4. The third-order valence-electron chi connectivity index (χ3n) is 10.6. The number of nitrogens with zero attached hydrogens (tertiary/aromatic N) is 3. The minimum absolute atomic E-state index is 0.110. The van der Waals surface area contributed by atoms with Gasteiger partial charge < -0.3 is 29.3 Å². The van der Waals surface area contributed by atoms with E-state index < -0.39 is 35.1 Å². The van der Waals surface area contributed by atoms with E-state index in [2.05, 4.69) is 13.2 Å². The highest BCUT2D eigenvalue weighted by molar-refractivity contribution is 6.07. The highest BCUT2D eigenvalue weighted by Gasteiger charge is 2.79. The molecule has 246 valence electrons. The Bertz CT molecular complexity index is 1450. The molecule has 9 nitrogen and oxygen atoms in total. The largest absolute Gasteiger partial charge is 0.497 e. The van der Waals surface area contributed by atoms with Crippen molar-refractivity contribution in [2.24, 2.45) is 17.8 Å². The second-order valence-corrected chi connectivity index (χ2v) is 12.7. The second kappa shape index (κ2) is 13.4. The number of hydrogen-bond acceptors (Lipinski definition) is 6. The molecule has 0 aromatic heterocycles. The van der Waals surface area contributed by atoms with Gasteiger partial charge in [0.2, 0.25) is 11.8 Å². The maximum Gasteiger partial charge on any atom is 0.253 e. The Balaban J connectivity index is 1.66. The third kappa shape index (κ3) is 5.23. The van der Waals surface area contributed by atoms with Crippen LogP contribution in [-0.2, 0) is 19.1 Å². The quantitative estimate of drug-likeness (QED) is 0.296. The predicted octanol–water partition coefficient (Wildman–Crippen LogP) is 5.00. The smallest absolute Gasteiger partial charge is 0.253 e. The molecule has 0 radical (unpaired) electrons. The fourth-order valence-corrected chi connectivity index (χ4v) is 8.07. The van der Waals surface area contributed by atoms with Gasteiger partial charge in [0, 0.05) is 24.5 Å². The van der Waals surface area contributed by atoms with Crippen LogP contribution in [0.15, 0.2) is 79.9 Å². The lowest BCUT2D eigenvalue weighted by Gasteiger charge is -2.41. The highest BCUT2D eigenvalue weighted by Crippen LogP contribution is 2.65. The first-order valence-corrected chi connectivity index (χ1v) is 16.3. The van der Waals surface area contributed by atoms with E-state index in [0.29, 0.717) is 42.8 Å². The molecule has 1 N–H and O–H groups in total. The second-order valence-electron chi connectivity index (χ2n) is 12.7. The number of para-hydroxylation sites is 1. The number of anilines is 2. The molecule has 3 heterocycles. The van der Waals surface area contributed by atoms with Crippen molar-refractivity contribution in [2.75, 3.05) is 36.6 Å². The molecule has 1 spiro atoms. The molecule has 46 heavy (non-hydrogen) atoms. The molecule has 3 aliphatic rings. The van der Waals surface area contributed by atoms with Gasteiger partial charge in [-0.15, -0.1) is 13.2 Å². The Morgan fingerprint density at radius 2 is 1.63 bits per heavy atom. The fourth-order valence-electron chi connectivity index (χ4n) is 8.07. The molecule has 7 atom stereocenters. The van der Waals surface area contributed by atoms with Crippen LogP contribution in [0.5, 0.6) is 5.75 Å². The number of hydrogen-bond donors (Lipinski definition) is 1. The molecular formula is C37H47N3O6. The first kappa shape index (κ1) is 33.4. The molecule has 3 fully saturated rings. The number of carbonyl (C=O) groups excluding carboxylic acids is 3. The molecule has 0 saturated carbocycles. The van der Waals surface area contributed by atoms with E-state index in [1.807, 2.05) is 51.1 Å². The van der Waals surface area contributed by atoms with E-state index in [4.69, 9.17) is 9.47 Å². The van der Waals surface area contributed by atoms with Gasteiger partial charge in [0.25, 0.3) is 5.91 Å². The summed E-state index contributed by atoms with van der Waals surface area (Å²) in [6, 6.07) is 14.8. The highest BCUT2D eigenvalue weighted by atomic mass is 16.5. The van der Waals surface area contributed by atoms with Crippen LogP contribution in [0.4, 0.5) is 11.4 Å². The maximum atomic E-state index is 15.0. The minimum Gasteiger partial charge on any atom is -0.497 e. The SMILES string of the molecule is C=CCN(C(=O)C1N([C@@H](CO)[C@@H](C)CC)C(=O)[C@@H]2[C@@H](C(=O)N(CC=C)c3ccccc3)[C@@]3(CC)CCC12O3)c1ccc(OC)cc1. The summed E-state index contributed by atoms with van der Waals surface area (Å²) in [5, 5.41) is 10.8.